The van der Waals surface area contributed by atoms with Crippen molar-refractivity contribution in [2.45, 2.75) is 13.3 Å². The zero-order valence-corrected chi connectivity index (χ0v) is 13.9. The molecule has 1 aromatic heterocycles. The molecule has 1 heterocycles. The lowest BCUT2D eigenvalue weighted by Crippen LogP contribution is -2.02. The van der Waals surface area contributed by atoms with Crippen LogP contribution in [0.15, 0.2) is 60.9 Å². The Hall–Kier alpha value is -2.88. The van der Waals surface area contributed by atoms with Gasteiger partial charge in [0, 0.05) is 18.5 Å². The quantitative estimate of drug-likeness (QED) is 0.436. The highest BCUT2D eigenvalue weighted by atomic mass is 16.5. The van der Waals surface area contributed by atoms with Gasteiger partial charge in [-0.1, -0.05) is 30.4 Å². The first kappa shape index (κ1) is 17.5. The fourth-order valence-electron chi connectivity index (χ4n) is 2.09. The first-order valence-corrected chi connectivity index (χ1v) is 7.75. The van der Waals surface area contributed by atoms with Crippen LogP contribution in [-0.2, 0) is 9.53 Å². The zero-order valence-electron chi connectivity index (χ0n) is 13.9. The third-order valence-corrected chi connectivity index (χ3v) is 3.38. The summed E-state index contributed by atoms with van der Waals surface area (Å²) in [5.41, 5.74) is 2.79. The molecule has 124 valence electrons. The molecule has 0 unspecified atom stereocenters. The summed E-state index contributed by atoms with van der Waals surface area (Å²) in [5, 5.41) is 0. The molecule has 0 bridgehead atoms. The summed E-state index contributed by atoms with van der Waals surface area (Å²) in [7, 11) is 1.64. The van der Waals surface area contributed by atoms with Crippen molar-refractivity contribution in [3.05, 3.63) is 72.1 Å². The molecule has 0 amide bonds. The largest absolute Gasteiger partial charge is 0.497 e. The van der Waals surface area contributed by atoms with Crippen molar-refractivity contribution in [3.8, 4) is 5.75 Å². The molecule has 0 aliphatic rings. The lowest BCUT2D eigenvalue weighted by molar-refractivity contribution is -0.137. The maximum absolute atomic E-state index is 11.8. The summed E-state index contributed by atoms with van der Waals surface area (Å²) in [4.78, 5) is 15.8. The smallest absolute Gasteiger partial charge is 0.331 e. The normalized spacial score (nSPS) is 11.5. The van der Waals surface area contributed by atoms with E-state index < -0.39 is 0 Å². The van der Waals surface area contributed by atoms with Crippen molar-refractivity contribution in [1.82, 2.24) is 4.98 Å². The van der Waals surface area contributed by atoms with Gasteiger partial charge in [0.1, 0.15) is 5.75 Å². The Morgan fingerprint density at radius 2 is 2.12 bits per heavy atom. The van der Waals surface area contributed by atoms with Crippen LogP contribution in [0.25, 0.3) is 11.6 Å². The predicted octanol–water partition coefficient (Wildman–Crippen LogP) is 4.14. The van der Waals surface area contributed by atoms with Gasteiger partial charge in [-0.15, -0.1) is 0 Å². The van der Waals surface area contributed by atoms with Crippen LogP contribution in [0.5, 0.6) is 5.75 Å². The number of methoxy groups -OCH3 is 1. The SMILES string of the molecule is COc1cccc(/C=C/CCOC(=O)/C=C(\C)c2cccnc2)c1. The van der Waals surface area contributed by atoms with E-state index in [1.807, 2.05) is 55.5 Å². The minimum Gasteiger partial charge on any atom is -0.497 e. The van der Waals surface area contributed by atoms with E-state index in [1.54, 1.807) is 19.5 Å². The van der Waals surface area contributed by atoms with E-state index in [1.165, 1.54) is 6.08 Å². The number of esters is 1. The molecular formula is C20H21NO3. The molecule has 2 rings (SSSR count). The fraction of sp³-hybridized carbons (Fsp3) is 0.200. The van der Waals surface area contributed by atoms with Crippen LogP contribution >= 0.6 is 0 Å². The highest BCUT2D eigenvalue weighted by Gasteiger charge is 2.01. The van der Waals surface area contributed by atoms with Crippen LogP contribution < -0.4 is 4.74 Å². The highest BCUT2D eigenvalue weighted by molar-refractivity contribution is 5.90. The van der Waals surface area contributed by atoms with Crippen LogP contribution in [0.1, 0.15) is 24.5 Å². The Morgan fingerprint density at radius 3 is 2.88 bits per heavy atom. The number of aromatic nitrogens is 1. The van der Waals surface area contributed by atoms with Crippen LogP contribution in [-0.4, -0.2) is 24.7 Å². The first-order chi connectivity index (χ1) is 11.7. The first-order valence-electron chi connectivity index (χ1n) is 7.75. The van der Waals surface area contributed by atoms with Gasteiger partial charge in [-0.3, -0.25) is 4.98 Å². The molecule has 4 nitrogen and oxygen atoms in total. The average Bonchev–Trinajstić information content (AvgIpc) is 2.62. The number of pyridine rings is 1. The molecule has 0 N–H and O–H groups in total. The Balaban J connectivity index is 1.77. The van der Waals surface area contributed by atoms with Crippen molar-refractivity contribution >= 4 is 17.6 Å². The lowest BCUT2D eigenvalue weighted by atomic mass is 10.1. The van der Waals surface area contributed by atoms with E-state index >= 15 is 0 Å². The van der Waals surface area contributed by atoms with E-state index in [4.69, 9.17) is 9.47 Å². The molecule has 4 heteroatoms. The molecule has 0 radical (unpaired) electrons. The Kier molecular flexibility index (Phi) is 6.77. The molecule has 0 saturated carbocycles. The second-order valence-electron chi connectivity index (χ2n) is 5.20. The van der Waals surface area contributed by atoms with Gasteiger partial charge < -0.3 is 9.47 Å². The maximum Gasteiger partial charge on any atom is 0.331 e. The summed E-state index contributed by atoms with van der Waals surface area (Å²) < 4.78 is 10.4. The minimum atomic E-state index is -0.342. The van der Waals surface area contributed by atoms with Gasteiger partial charge >= 0.3 is 5.97 Å². The molecular weight excluding hydrogens is 302 g/mol. The lowest BCUT2D eigenvalue weighted by Gasteiger charge is -2.02. The number of hydrogen-bond acceptors (Lipinski definition) is 4. The van der Waals surface area contributed by atoms with Gasteiger partial charge in [0.05, 0.1) is 13.7 Å². The van der Waals surface area contributed by atoms with Crippen molar-refractivity contribution in [2.75, 3.05) is 13.7 Å². The number of nitrogens with zero attached hydrogens (tertiary/aromatic N) is 1. The van der Waals surface area contributed by atoms with E-state index in [0.717, 1.165) is 22.4 Å². The van der Waals surface area contributed by atoms with Gasteiger partial charge in [-0.25, -0.2) is 4.79 Å². The number of ether oxygens (including phenoxy) is 2. The molecule has 0 atom stereocenters. The van der Waals surface area contributed by atoms with Gasteiger partial charge in [0.2, 0.25) is 0 Å². The second kappa shape index (κ2) is 9.30. The average molecular weight is 323 g/mol. The number of carbonyl (C=O) groups is 1. The number of rotatable bonds is 7. The fourth-order valence-corrected chi connectivity index (χ4v) is 2.09. The molecule has 2 aromatic rings. The summed E-state index contributed by atoms with van der Waals surface area (Å²) in [6.45, 7) is 2.21. The van der Waals surface area contributed by atoms with Crippen molar-refractivity contribution in [3.63, 3.8) is 0 Å². The zero-order chi connectivity index (χ0) is 17.2. The van der Waals surface area contributed by atoms with E-state index in [-0.39, 0.29) is 5.97 Å². The number of carbonyl (C=O) groups excluding carboxylic acids is 1. The summed E-state index contributed by atoms with van der Waals surface area (Å²) in [6.07, 6.45) is 9.51. The summed E-state index contributed by atoms with van der Waals surface area (Å²) in [6, 6.07) is 11.5. The van der Waals surface area contributed by atoms with Crippen LogP contribution in [0.3, 0.4) is 0 Å². The monoisotopic (exact) mass is 323 g/mol. The standard InChI is InChI=1S/C20H21NO3/c1-16(18-9-6-11-21-15-18)13-20(22)24-12-4-3-7-17-8-5-10-19(14-17)23-2/h3,5-11,13-15H,4,12H2,1-2H3/b7-3+,16-13+. The number of allylic oxidation sites excluding steroid dienone is 1. The maximum atomic E-state index is 11.8. The second-order valence-corrected chi connectivity index (χ2v) is 5.20. The summed E-state index contributed by atoms with van der Waals surface area (Å²) in [5.74, 6) is 0.478. The van der Waals surface area contributed by atoms with Crippen molar-refractivity contribution in [2.24, 2.45) is 0 Å². The van der Waals surface area contributed by atoms with E-state index in [9.17, 15) is 4.79 Å². The molecule has 1 aromatic carbocycles. The Bertz CT molecular complexity index is 721. The topological polar surface area (TPSA) is 48.4 Å². The summed E-state index contributed by atoms with van der Waals surface area (Å²) >= 11 is 0. The third kappa shape index (κ3) is 5.72. The minimum absolute atomic E-state index is 0.342. The molecule has 0 aliphatic carbocycles. The van der Waals surface area contributed by atoms with Gasteiger partial charge in [0.15, 0.2) is 0 Å². The van der Waals surface area contributed by atoms with Crippen molar-refractivity contribution < 1.29 is 14.3 Å². The van der Waals surface area contributed by atoms with Crippen molar-refractivity contribution in [1.29, 1.82) is 0 Å². The van der Waals surface area contributed by atoms with E-state index in [0.29, 0.717) is 13.0 Å². The van der Waals surface area contributed by atoms with Gasteiger partial charge in [0.25, 0.3) is 0 Å². The third-order valence-electron chi connectivity index (χ3n) is 3.38. The van der Waals surface area contributed by atoms with Crippen LogP contribution in [0.4, 0.5) is 0 Å². The van der Waals surface area contributed by atoms with Crippen LogP contribution in [0.2, 0.25) is 0 Å². The molecule has 24 heavy (non-hydrogen) atoms. The number of benzene rings is 1. The Labute approximate surface area is 142 Å². The molecule has 0 fully saturated rings. The Morgan fingerprint density at radius 1 is 1.25 bits per heavy atom. The van der Waals surface area contributed by atoms with Gasteiger partial charge in [-0.05, 0) is 48.2 Å². The molecule has 0 spiro atoms. The predicted molar refractivity (Wildman–Crippen MR) is 95.5 cm³/mol. The van der Waals surface area contributed by atoms with Crippen LogP contribution in [0, 0.1) is 0 Å². The van der Waals surface area contributed by atoms with Gasteiger partial charge in [-0.2, -0.15) is 0 Å². The molecule has 0 aliphatic heterocycles. The highest BCUT2D eigenvalue weighted by Crippen LogP contribution is 2.14. The molecule has 0 saturated heterocycles. The number of hydrogen-bond donors (Lipinski definition) is 0. The van der Waals surface area contributed by atoms with E-state index in [2.05, 4.69) is 4.98 Å².